The Labute approximate surface area is 123 Å². The van der Waals surface area contributed by atoms with Gasteiger partial charge >= 0.3 is 0 Å². The van der Waals surface area contributed by atoms with Crippen molar-refractivity contribution in [3.8, 4) is 11.5 Å². The topological polar surface area (TPSA) is 78.3 Å². The highest BCUT2D eigenvalue weighted by atomic mass is 79.9. The van der Waals surface area contributed by atoms with Gasteiger partial charge in [0.25, 0.3) is 0 Å². The number of nitrogen functional groups attached to an aromatic ring is 1. The number of anilines is 1. The monoisotopic (exact) mass is 340 g/mol. The van der Waals surface area contributed by atoms with Gasteiger partial charge in [-0.15, -0.1) is 0 Å². The molecule has 0 fully saturated rings. The van der Waals surface area contributed by atoms with Crippen LogP contribution in [0, 0.1) is 0 Å². The van der Waals surface area contributed by atoms with Crippen LogP contribution in [0.3, 0.4) is 0 Å². The summed E-state index contributed by atoms with van der Waals surface area (Å²) in [5.41, 5.74) is 11.6. The van der Waals surface area contributed by atoms with Gasteiger partial charge in [-0.05, 0) is 36.4 Å². The van der Waals surface area contributed by atoms with E-state index in [0.29, 0.717) is 27.8 Å². The molecule has 0 aromatic heterocycles. The first-order valence-electron chi connectivity index (χ1n) is 5.29. The third kappa shape index (κ3) is 3.19. The number of hydrogen-bond acceptors (Lipinski definition) is 3. The molecular formula is C13H10BrClN2O2. The summed E-state index contributed by atoms with van der Waals surface area (Å²) in [6.45, 7) is 0. The number of primary amides is 1. The molecule has 0 unspecified atom stereocenters. The molecule has 0 aliphatic heterocycles. The standard InChI is InChI=1S/C13H10BrClN2O2/c14-8-2-4-11(9(15)6-8)19-12-3-1-7(13(17)18)5-10(12)16/h1-6H,16H2,(H2,17,18). The second kappa shape index (κ2) is 5.50. The SMILES string of the molecule is NC(=O)c1ccc(Oc2ccc(Br)cc2Cl)c(N)c1. The Balaban J connectivity index is 2.31. The highest BCUT2D eigenvalue weighted by Crippen LogP contribution is 2.34. The first-order valence-corrected chi connectivity index (χ1v) is 6.46. The Hall–Kier alpha value is -1.72. The minimum absolute atomic E-state index is 0.315. The molecule has 19 heavy (non-hydrogen) atoms. The zero-order valence-electron chi connectivity index (χ0n) is 9.69. The Kier molecular flexibility index (Phi) is 3.97. The quantitative estimate of drug-likeness (QED) is 0.838. The van der Waals surface area contributed by atoms with E-state index in [1.54, 1.807) is 30.3 Å². The molecule has 2 aromatic rings. The maximum Gasteiger partial charge on any atom is 0.248 e. The summed E-state index contributed by atoms with van der Waals surface area (Å²) >= 11 is 9.35. The van der Waals surface area contributed by atoms with Gasteiger partial charge < -0.3 is 16.2 Å². The molecule has 0 aliphatic carbocycles. The highest BCUT2D eigenvalue weighted by molar-refractivity contribution is 9.10. The maximum absolute atomic E-state index is 11.0. The van der Waals surface area contributed by atoms with Crippen LogP contribution in [0.15, 0.2) is 40.9 Å². The number of rotatable bonds is 3. The molecule has 2 aromatic carbocycles. The molecule has 0 aliphatic rings. The van der Waals surface area contributed by atoms with Crippen molar-refractivity contribution in [3.05, 3.63) is 51.5 Å². The fraction of sp³-hybridized carbons (Fsp3) is 0. The van der Waals surface area contributed by atoms with E-state index in [1.807, 2.05) is 0 Å². The second-order valence-corrected chi connectivity index (χ2v) is 5.12. The molecule has 0 bridgehead atoms. The smallest absolute Gasteiger partial charge is 0.248 e. The van der Waals surface area contributed by atoms with Crippen LogP contribution in [-0.2, 0) is 0 Å². The molecule has 0 radical (unpaired) electrons. The first-order chi connectivity index (χ1) is 8.97. The lowest BCUT2D eigenvalue weighted by molar-refractivity contribution is 0.100. The number of ether oxygens (including phenoxy) is 1. The molecule has 1 amide bonds. The van der Waals surface area contributed by atoms with Crippen molar-refractivity contribution in [3.63, 3.8) is 0 Å². The third-order valence-corrected chi connectivity index (χ3v) is 3.20. The van der Waals surface area contributed by atoms with Crippen molar-refractivity contribution in [2.24, 2.45) is 5.73 Å². The molecule has 6 heteroatoms. The molecular weight excluding hydrogens is 332 g/mol. The number of nitrogens with two attached hydrogens (primary N) is 2. The zero-order chi connectivity index (χ0) is 14.0. The lowest BCUT2D eigenvalue weighted by Crippen LogP contribution is -2.11. The largest absolute Gasteiger partial charge is 0.454 e. The molecule has 0 spiro atoms. The highest BCUT2D eigenvalue weighted by Gasteiger charge is 2.09. The third-order valence-electron chi connectivity index (χ3n) is 2.41. The Morgan fingerprint density at radius 3 is 2.42 bits per heavy atom. The molecule has 0 saturated heterocycles. The van der Waals surface area contributed by atoms with Crippen molar-refractivity contribution in [2.75, 3.05) is 5.73 Å². The summed E-state index contributed by atoms with van der Waals surface area (Å²) in [6, 6.07) is 9.81. The number of hydrogen-bond donors (Lipinski definition) is 2. The number of amides is 1. The molecule has 0 atom stereocenters. The molecule has 0 saturated carbocycles. The maximum atomic E-state index is 11.0. The predicted octanol–water partition coefficient (Wildman–Crippen LogP) is 3.58. The minimum Gasteiger partial charge on any atom is -0.454 e. The number of carbonyl (C=O) groups is 1. The zero-order valence-corrected chi connectivity index (χ0v) is 12.0. The van der Waals surface area contributed by atoms with Crippen LogP contribution in [-0.4, -0.2) is 5.91 Å². The summed E-state index contributed by atoms with van der Waals surface area (Å²) in [7, 11) is 0. The number of benzene rings is 2. The van der Waals surface area contributed by atoms with E-state index < -0.39 is 5.91 Å². The van der Waals surface area contributed by atoms with Gasteiger partial charge in [-0.1, -0.05) is 27.5 Å². The average Bonchev–Trinajstić information content (AvgIpc) is 2.34. The van der Waals surface area contributed by atoms with Crippen LogP contribution in [0.4, 0.5) is 5.69 Å². The number of halogens is 2. The van der Waals surface area contributed by atoms with E-state index >= 15 is 0 Å². The van der Waals surface area contributed by atoms with E-state index in [2.05, 4.69) is 15.9 Å². The Bertz CT molecular complexity index is 647. The van der Waals surface area contributed by atoms with E-state index in [-0.39, 0.29) is 0 Å². The molecule has 0 heterocycles. The fourth-order valence-corrected chi connectivity index (χ4v) is 2.18. The van der Waals surface area contributed by atoms with Crippen molar-refractivity contribution in [1.82, 2.24) is 0 Å². The van der Waals surface area contributed by atoms with Crippen molar-refractivity contribution in [2.45, 2.75) is 0 Å². The summed E-state index contributed by atoms with van der Waals surface area (Å²) in [5.74, 6) is 0.345. The van der Waals surface area contributed by atoms with Gasteiger partial charge in [0.2, 0.25) is 5.91 Å². The van der Waals surface area contributed by atoms with E-state index in [4.69, 9.17) is 27.8 Å². The lowest BCUT2D eigenvalue weighted by atomic mass is 10.2. The number of carbonyl (C=O) groups excluding carboxylic acids is 1. The van der Waals surface area contributed by atoms with Crippen molar-refractivity contribution in [1.29, 1.82) is 0 Å². The first kappa shape index (κ1) is 13.7. The fourth-order valence-electron chi connectivity index (χ4n) is 1.47. The Morgan fingerprint density at radius 1 is 1.16 bits per heavy atom. The summed E-state index contributed by atoms with van der Waals surface area (Å²) in [4.78, 5) is 11.0. The molecule has 4 nitrogen and oxygen atoms in total. The van der Waals surface area contributed by atoms with Gasteiger partial charge in [0.1, 0.15) is 11.5 Å². The molecule has 4 N–H and O–H groups in total. The summed E-state index contributed by atoms with van der Waals surface area (Å²) < 4.78 is 6.45. The van der Waals surface area contributed by atoms with Gasteiger partial charge in [0.05, 0.1) is 10.7 Å². The van der Waals surface area contributed by atoms with E-state index in [9.17, 15) is 4.79 Å². The van der Waals surface area contributed by atoms with Crippen LogP contribution in [0.1, 0.15) is 10.4 Å². The van der Waals surface area contributed by atoms with Crippen LogP contribution in [0.25, 0.3) is 0 Å². The average molecular weight is 342 g/mol. The van der Waals surface area contributed by atoms with E-state index in [0.717, 1.165) is 4.47 Å². The van der Waals surface area contributed by atoms with E-state index in [1.165, 1.54) is 6.07 Å². The minimum atomic E-state index is -0.542. The van der Waals surface area contributed by atoms with Crippen LogP contribution < -0.4 is 16.2 Å². The molecule has 98 valence electrons. The van der Waals surface area contributed by atoms with Gasteiger partial charge in [-0.2, -0.15) is 0 Å². The van der Waals surface area contributed by atoms with Gasteiger partial charge in [0, 0.05) is 10.0 Å². The van der Waals surface area contributed by atoms with Crippen molar-refractivity contribution >= 4 is 39.1 Å². The van der Waals surface area contributed by atoms with Gasteiger partial charge in [0.15, 0.2) is 0 Å². The van der Waals surface area contributed by atoms with Crippen LogP contribution in [0.5, 0.6) is 11.5 Å². The van der Waals surface area contributed by atoms with Gasteiger partial charge in [-0.25, -0.2) is 0 Å². The van der Waals surface area contributed by atoms with Crippen LogP contribution in [0.2, 0.25) is 5.02 Å². The Morgan fingerprint density at radius 2 is 1.84 bits per heavy atom. The molecule has 2 rings (SSSR count). The predicted molar refractivity (Wildman–Crippen MR) is 78.6 cm³/mol. The van der Waals surface area contributed by atoms with Gasteiger partial charge in [-0.3, -0.25) is 4.79 Å². The second-order valence-electron chi connectivity index (χ2n) is 3.79. The normalized spacial score (nSPS) is 10.2. The van der Waals surface area contributed by atoms with Crippen LogP contribution >= 0.6 is 27.5 Å². The van der Waals surface area contributed by atoms with Crippen molar-refractivity contribution < 1.29 is 9.53 Å². The lowest BCUT2D eigenvalue weighted by Gasteiger charge is -2.10. The summed E-state index contributed by atoms with van der Waals surface area (Å²) in [6.07, 6.45) is 0. The summed E-state index contributed by atoms with van der Waals surface area (Å²) in [5, 5.41) is 0.452.